The maximum Gasteiger partial charge on any atom is 0.335 e. The minimum absolute atomic E-state index is 0.0599. The fraction of sp³-hybridized carbons (Fsp3) is 0.222. The third kappa shape index (κ3) is 3.00. The fourth-order valence-electron chi connectivity index (χ4n) is 2.65. The molecule has 2 atom stereocenters. The number of rotatable bonds is 5. The van der Waals surface area contributed by atoms with Crippen LogP contribution in [0, 0.1) is 11.3 Å². The largest absolute Gasteiger partial charge is 0.478 e. The van der Waals surface area contributed by atoms with E-state index >= 15 is 0 Å². The molecule has 110 valence electrons. The average molecular weight is 293 g/mol. The average Bonchev–Trinajstić information content (AvgIpc) is 3.33. The van der Waals surface area contributed by atoms with Gasteiger partial charge in [-0.25, -0.2) is 4.79 Å². The molecule has 1 N–H and O–H groups in total. The highest BCUT2D eigenvalue weighted by Crippen LogP contribution is 2.41. The summed E-state index contributed by atoms with van der Waals surface area (Å²) in [6, 6.07) is 16.6. The van der Waals surface area contributed by atoms with Crippen LogP contribution in [0.4, 0.5) is 0 Å². The molecule has 0 radical (unpaired) electrons. The van der Waals surface area contributed by atoms with Gasteiger partial charge in [0.2, 0.25) is 0 Å². The first kappa shape index (κ1) is 14.3. The molecule has 2 unspecified atom stereocenters. The van der Waals surface area contributed by atoms with Crippen LogP contribution in [0.1, 0.15) is 39.6 Å². The highest BCUT2D eigenvalue weighted by molar-refractivity contribution is 5.89. The van der Waals surface area contributed by atoms with E-state index in [1.54, 1.807) is 24.3 Å². The molecule has 3 rings (SSSR count). The van der Waals surface area contributed by atoms with E-state index in [0.29, 0.717) is 17.5 Å². The number of carboxylic acid groups (broad SMARTS) is 1. The summed E-state index contributed by atoms with van der Waals surface area (Å²) in [7, 11) is 0. The molecular formula is C18H15NO3. The number of hydrogen-bond donors (Lipinski definition) is 1. The lowest BCUT2D eigenvalue weighted by atomic mass is 9.99. The molecule has 0 aromatic heterocycles. The number of benzene rings is 2. The van der Waals surface area contributed by atoms with Gasteiger partial charge in [0.25, 0.3) is 0 Å². The molecule has 0 bridgehead atoms. The molecular weight excluding hydrogens is 278 g/mol. The smallest absolute Gasteiger partial charge is 0.335 e. The van der Waals surface area contributed by atoms with Crippen LogP contribution in [0.15, 0.2) is 48.5 Å². The molecule has 2 aromatic carbocycles. The zero-order valence-electron chi connectivity index (χ0n) is 11.9. The van der Waals surface area contributed by atoms with Gasteiger partial charge < -0.3 is 9.84 Å². The lowest BCUT2D eigenvalue weighted by Crippen LogP contribution is -2.03. The molecule has 4 nitrogen and oxygen atoms in total. The number of ether oxygens (including phenoxy) is 1. The summed E-state index contributed by atoms with van der Waals surface area (Å²) in [4.78, 5) is 11.2. The summed E-state index contributed by atoms with van der Waals surface area (Å²) in [5.41, 5.74) is 2.90. The Bertz CT molecular complexity index is 731. The number of epoxide rings is 1. The van der Waals surface area contributed by atoms with Crippen molar-refractivity contribution < 1.29 is 14.6 Å². The van der Waals surface area contributed by atoms with E-state index in [1.807, 2.05) is 24.3 Å². The van der Waals surface area contributed by atoms with E-state index in [1.165, 1.54) is 0 Å². The van der Waals surface area contributed by atoms with Crippen LogP contribution in [-0.2, 0) is 11.2 Å². The van der Waals surface area contributed by atoms with Gasteiger partial charge in [-0.3, -0.25) is 0 Å². The van der Waals surface area contributed by atoms with Gasteiger partial charge in [-0.1, -0.05) is 30.3 Å². The molecule has 1 aliphatic rings. The molecule has 0 amide bonds. The first-order valence-electron chi connectivity index (χ1n) is 7.16. The summed E-state index contributed by atoms with van der Waals surface area (Å²) >= 11 is 0. The Morgan fingerprint density at radius 1 is 1.18 bits per heavy atom. The molecule has 2 aromatic rings. The Morgan fingerprint density at radius 3 is 2.59 bits per heavy atom. The van der Waals surface area contributed by atoms with Crippen molar-refractivity contribution in [2.24, 2.45) is 0 Å². The second kappa shape index (κ2) is 6.00. The number of carboxylic acids is 1. The van der Waals surface area contributed by atoms with Crippen LogP contribution < -0.4 is 0 Å². The van der Waals surface area contributed by atoms with Crippen molar-refractivity contribution in [3.05, 3.63) is 70.8 Å². The monoisotopic (exact) mass is 293 g/mol. The summed E-state index contributed by atoms with van der Waals surface area (Å²) in [6.45, 7) is 0. The Balaban J connectivity index is 1.60. The highest BCUT2D eigenvalue weighted by Gasteiger charge is 2.39. The van der Waals surface area contributed by atoms with Crippen molar-refractivity contribution in [1.82, 2.24) is 0 Å². The van der Waals surface area contributed by atoms with Gasteiger partial charge in [0.05, 0.1) is 23.3 Å². The van der Waals surface area contributed by atoms with Crippen molar-refractivity contribution >= 4 is 5.97 Å². The van der Waals surface area contributed by atoms with Crippen LogP contribution in [0.2, 0.25) is 0 Å². The Hall–Kier alpha value is -2.64. The zero-order valence-corrected chi connectivity index (χ0v) is 11.9. The number of carbonyl (C=O) groups is 1. The lowest BCUT2D eigenvalue weighted by Gasteiger charge is -2.04. The van der Waals surface area contributed by atoms with Gasteiger partial charge in [-0.15, -0.1) is 0 Å². The summed E-state index contributed by atoms with van der Waals surface area (Å²) in [6.07, 6.45) is 1.65. The van der Waals surface area contributed by atoms with E-state index < -0.39 is 5.97 Å². The molecule has 22 heavy (non-hydrogen) atoms. The highest BCUT2D eigenvalue weighted by atomic mass is 16.6. The Kier molecular flexibility index (Phi) is 3.90. The molecule has 1 aliphatic heterocycles. The summed E-state index contributed by atoms with van der Waals surface area (Å²) < 4.78 is 5.67. The number of aromatic carboxylic acids is 1. The van der Waals surface area contributed by atoms with Gasteiger partial charge in [0, 0.05) is 0 Å². The summed E-state index contributed by atoms with van der Waals surface area (Å²) in [5, 5.41) is 18.0. The van der Waals surface area contributed by atoms with Crippen molar-refractivity contribution in [3.63, 3.8) is 0 Å². The molecule has 1 saturated heterocycles. The minimum Gasteiger partial charge on any atom is -0.478 e. The van der Waals surface area contributed by atoms with Crippen molar-refractivity contribution in [2.45, 2.75) is 25.0 Å². The zero-order chi connectivity index (χ0) is 15.5. The van der Waals surface area contributed by atoms with Gasteiger partial charge in [-0.2, -0.15) is 5.26 Å². The predicted molar refractivity (Wildman–Crippen MR) is 80.5 cm³/mol. The van der Waals surface area contributed by atoms with Gasteiger partial charge in [-0.05, 0) is 42.2 Å². The van der Waals surface area contributed by atoms with Crippen molar-refractivity contribution in [3.8, 4) is 6.07 Å². The lowest BCUT2D eigenvalue weighted by molar-refractivity contribution is 0.0695. The molecule has 1 fully saturated rings. The van der Waals surface area contributed by atoms with Crippen LogP contribution in [0.25, 0.3) is 0 Å². The van der Waals surface area contributed by atoms with Crippen LogP contribution in [0.5, 0.6) is 0 Å². The number of hydrogen-bond acceptors (Lipinski definition) is 3. The van der Waals surface area contributed by atoms with Crippen molar-refractivity contribution in [1.29, 1.82) is 5.26 Å². The van der Waals surface area contributed by atoms with E-state index in [2.05, 4.69) is 6.07 Å². The van der Waals surface area contributed by atoms with E-state index in [0.717, 1.165) is 17.5 Å². The van der Waals surface area contributed by atoms with Gasteiger partial charge in [0.15, 0.2) is 0 Å². The second-order valence-electron chi connectivity index (χ2n) is 5.33. The quantitative estimate of drug-likeness (QED) is 0.858. The first-order chi connectivity index (χ1) is 10.7. The number of aryl methyl sites for hydroxylation is 1. The third-order valence-electron chi connectivity index (χ3n) is 3.90. The second-order valence-corrected chi connectivity index (χ2v) is 5.33. The standard InChI is InChI=1S/C18H15NO3/c19-11-12-5-7-14(8-6-12)17-16(22-17)10-9-13-3-1-2-4-15(13)18(20)21/h1-8,16-17H,9-10H2,(H,20,21). The van der Waals surface area contributed by atoms with E-state index in [4.69, 9.17) is 15.1 Å². The van der Waals surface area contributed by atoms with Crippen LogP contribution in [-0.4, -0.2) is 17.2 Å². The van der Waals surface area contributed by atoms with Gasteiger partial charge in [0.1, 0.15) is 6.10 Å². The van der Waals surface area contributed by atoms with Gasteiger partial charge >= 0.3 is 5.97 Å². The van der Waals surface area contributed by atoms with Crippen molar-refractivity contribution in [2.75, 3.05) is 0 Å². The third-order valence-corrected chi connectivity index (χ3v) is 3.90. The fourth-order valence-corrected chi connectivity index (χ4v) is 2.65. The molecule has 4 heteroatoms. The Labute approximate surface area is 128 Å². The molecule has 1 heterocycles. The number of nitriles is 1. The first-order valence-corrected chi connectivity index (χ1v) is 7.16. The Morgan fingerprint density at radius 2 is 1.91 bits per heavy atom. The molecule has 0 saturated carbocycles. The maximum absolute atomic E-state index is 11.2. The minimum atomic E-state index is -0.893. The topological polar surface area (TPSA) is 73.6 Å². The van der Waals surface area contributed by atoms with E-state index in [9.17, 15) is 4.79 Å². The normalized spacial score (nSPS) is 19.4. The maximum atomic E-state index is 11.2. The predicted octanol–water partition coefficient (Wildman–Crippen LogP) is 3.33. The van der Waals surface area contributed by atoms with Crippen LogP contribution in [0.3, 0.4) is 0 Å². The summed E-state index contributed by atoms with van der Waals surface area (Å²) in [5.74, 6) is -0.893. The van der Waals surface area contributed by atoms with E-state index in [-0.39, 0.29) is 12.2 Å². The SMILES string of the molecule is N#Cc1ccc(C2OC2CCc2ccccc2C(=O)O)cc1. The molecule has 0 aliphatic carbocycles. The van der Waals surface area contributed by atoms with Crippen LogP contribution >= 0.6 is 0 Å². The number of nitrogens with zero attached hydrogens (tertiary/aromatic N) is 1. The molecule has 0 spiro atoms.